The van der Waals surface area contributed by atoms with Crippen LogP contribution < -0.4 is 10.6 Å². The highest BCUT2D eigenvalue weighted by Crippen LogP contribution is 2.23. The molecule has 1 aromatic rings. The van der Waals surface area contributed by atoms with Crippen LogP contribution in [0.25, 0.3) is 0 Å². The Kier molecular flexibility index (Phi) is 7.09. The molecule has 2 aliphatic rings. The summed E-state index contributed by atoms with van der Waals surface area (Å²) in [6, 6.07) is 8.57. The van der Waals surface area contributed by atoms with E-state index in [2.05, 4.69) is 46.7 Å². The van der Waals surface area contributed by atoms with Crippen LogP contribution in [0.4, 0.5) is 4.79 Å². The molecule has 0 aromatic heterocycles. The number of piperidine rings is 1. The van der Waals surface area contributed by atoms with E-state index >= 15 is 0 Å². The summed E-state index contributed by atoms with van der Waals surface area (Å²) in [5.74, 6) is 0.386. The zero-order valence-electron chi connectivity index (χ0n) is 16.9. The van der Waals surface area contributed by atoms with Gasteiger partial charge in [-0.2, -0.15) is 0 Å². The number of ether oxygens (including phenoxy) is 1. The van der Waals surface area contributed by atoms with Gasteiger partial charge in [0.05, 0.1) is 18.7 Å². The third-order valence-corrected chi connectivity index (χ3v) is 5.63. The van der Waals surface area contributed by atoms with E-state index in [4.69, 9.17) is 4.74 Å². The Balaban J connectivity index is 1.50. The Labute approximate surface area is 167 Å². The highest BCUT2D eigenvalue weighted by molar-refractivity contribution is 5.93. The van der Waals surface area contributed by atoms with Crippen molar-refractivity contribution in [2.45, 2.75) is 39.5 Å². The number of amides is 2. The summed E-state index contributed by atoms with van der Waals surface area (Å²) in [5, 5.41) is 5.46. The summed E-state index contributed by atoms with van der Waals surface area (Å²) in [6.07, 6.45) is 4.65. The molecule has 0 unspecified atom stereocenters. The fourth-order valence-corrected chi connectivity index (χ4v) is 3.86. The number of hydrogen-bond donors (Lipinski definition) is 2. The first-order valence-corrected chi connectivity index (χ1v) is 10.3. The van der Waals surface area contributed by atoms with Crippen LogP contribution in [0.3, 0.4) is 0 Å². The largest absolute Gasteiger partial charge is 0.463 e. The second-order valence-corrected chi connectivity index (χ2v) is 7.73. The van der Waals surface area contributed by atoms with Gasteiger partial charge in [0.25, 0.3) is 0 Å². The molecule has 6 nitrogen and oxygen atoms in total. The number of carbonyl (C=O) groups excluding carboxylic acids is 2. The van der Waals surface area contributed by atoms with E-state index in [0.717, 1.165) is 38.3 Å². The standard InChI is InChI=1S/C22H31N3O3/c1-3-28-21(26)19-14-23-22(27)24-20(19)15-25-12-10-18(11-13-25)9-8-17-6-4-16(2)5-7-17/h4-7,18H,3,8-15H2,1-2H3,(H2,23,24,27). The third-order valence-electron chi connectivity index (χ3n) is 5.63. The fraction of sp³-hybridized carbons (Fsp3) is 0.545. The summed E-state index contributed by atoms with van der Waals surface area (Å²) in [7, 11) is 0. The molecule has 152 valence electrons. The number of nitrogens with one attached hydrogen (secondary N) is 2. The molecule has 2 amide bonds. The highest BCUT2D eigenvalue weighted by Gasteiger charge is 2.26. The average Bonchev–Trinajstić information content (AvgIpc) is 2.69. The molecular weight excluding hydrogens is 354 g/mol. The van der Waals surface area contributed by atoms with Gasteiger partial charge in [0.2, 0.25) is 0 Å². The number of urea groups is 1. The van der Waals surface area contributed by atoms with Gasteiger partial charge in [-0.15, -0.1) is 0 Å². The second-order valence-electron chi connectivity index (χ2n) is 7.73. The van der Waals surface area contributed by atoms with Crippen LogP contribution in [0, 0.1) is 12.8 Å². The van der Waals surface area contributed by atoms with Crippen LogP contribution in [-0.2, 0) is 16.0 Å². The minimum Gasteiger partial charge on any atom is -0.463 e. The van der Waals surface area contributed by atoms with Gasteiger partial charge < -0.3 is 15.4 Å². The maximum Gasteiger partial charge on any atom is 0.337 e. The molecule has 0 spiro atoms. The van der Waals surface area contributed by atoms with Crippen LogP contribution in [-0.4, -0.2) is 49.7 Å². The fourth-order valence-electron chi connectivity index (χ4n) is 3.86. The van der Waals surface area contributed by atoms with Gasteiger partial charge in [-0.25, -0.2) is 9.59 Å². The Morgan fingerprint density at radius 3 is 2.61 bits per heavy atom. The zero-order chi connectivity index (χ0) is 19.9. The zero-order valence-corrected chi connectivity index (χ0v) is 16.9. The Morgan fingerprint density at radius 2 is 1.93 bits per heavy atom. The van der Waals surface area contributed by atoms with Crippen molar-refractivity contribution < 1.29 is 14.3 Å². The predicted molar refractivity (Wildman–Crippen MR) is 109 cm³/mol. The van der Waals surface area contributed by atoms with E-state index in [0.29, 0.717) is 24.4 Å². The Hall–Kier alpha value is -2.34. The molecule has 2 N–H and O–H groups in total. The van der Waals surface area contributed by atoms with Gasteiger partial charge in [0.15, 0.2) is 0 Å². The van der Waals surface area contributed by atoms with Crippen LogP contribution in [0.2, 0.25) is 0 Å². The van der Waals surface area contributed by atoms with Crippen molar-refractivity contribution in [1.82, 2.24) is 15.5 Å². The molecule has 28 heavy (non-hydrogen) atoms. The quantitative estimate of drug-likeness (QED) is 0.708. The SMILES string of the molecule is CCOC(=O)C1=C(CN2CCC(CCc3ccc(C)cc3)CC2)NC(=O)NC1. The van der Waals surface area contributed by atoms with E-state index in [9.17, 15) is 9.59 Å². The molecule has 1 saturated heterocycles. The molecule has 0 saturated carbocycles. The summed E-state index contributed by atoms with van der Waals surface area (Å²) in [5.41, 5.74) is 3.93. The number of carbonyl (C=O) groups is 2. The van der Waals surface area contributed by atoms with Crippen molar-refractivity contribution in [2.24, 2.45) is 5.92 Å². The topological polar surface area (TPSA) is 70.7 Å². The van der Waals surface area contributed by atoms with E-state index in [1.54, 1.807) is 6.92 Å². The molecule has 6 heteroatoms. The van der Waals surface area contributed by atoms with Crippen molar-refractivity contribution >= 4 is 12.0 Å². The van der Waals surface area contributed by atoms with Gasteiger partial charge in [-0.1, -0.05) is 29.8 Å². The number of rotatable bonds is 7. The molecule has 3 rings (SSSR count). The number of aryl methyl sites for hydroxylation is 2. The molecule has 0 atom stereocenters. The van der Waals surface area contributed by atoms with Crippen LogP contribution in [0.5, 0.6) is 0 Å². The summed E-state index contributed by atoms with van der Waals surface area (Å²) < 4.78 is 5.13. The van der Waals surface area contributed by atoms with Crippen LogP contribution in [0.15, 0.2) is 35.5 Å². The average molecular weight is 386 g/mol. The number of nitrogens with zero attached hydrogens (tertiary/aromatic N) is 1. The summed E-state index contributed by atoms with van der Waals surface area (Å²) >= 11 is 0. The van der Waals surface area contributed by atoms with Crippen molar-refractivity contribution in [2.75, 3.05) is 32.8 Å². The lowest BCUT2D eigenvalue weighted by molar-refractivity contribution is -0.138. The van der Waals surface area contributed by atoms with Gasteiger partial charge in [-0.05, 0) is 64.1 Å². The predicted octanol–water partition coefficient (Wildman–Crippen LogP) is 2.77. The van der Waals surface area contributed by atoms with E-state index in [1.807, 2.05) is 0 Å². The second kappa shape index (κ2) is 9.73. The molecule has 2 aliphatic heterocycles. The number of esters is 1. The number of hydrogen-bond acceptors (Lipinski definition) is 4. The molecule has 1 aromatic carbocycles. The number of benzene rings is 1. The Bertz CT molecular complexity index is 719. The third kappa shape index (κ3) is 5.58. The summed E-state index contributed by atoms with van der Waals surface area (Å²) in [6.45, 7) is 7.03. The van der Waals surface area contributed by atoms with Gasteiger partial charge in [-0.3, -0.25) is 4.90 Å². The van der Waals surface area contributed by atoms with Crippen molar-refractivity contribution in [3.05, 3.63) is 46.7 Å². The monoisotopic (exact) mass is 385 g/mol. The highest BCUT2D eigenvalue weighted by atomic mass is 16.5. The van der Waals surface area contributed by atoms with E-state index in [-0.39, 0.29) is 18.5 Å². The maximum atomic E-state index is 12.2. The molecule has 0 radical (unpaired) electrons. The Morgan fingerprint density at radius 1 is 1.21 bits per heavy atom. The first-order valence-electron chi connectivity index (χ1n) is 10.3. The normalized spacial score (nSPS) is 18.6. The first kappa shape index (κ1) is 20.4. The minimum atomic E-state index is -0.349. The summed E-state index contributed by atoms with van der Waals surface area (Å²) in [4.78, 5) is 26.2. The lowest BCUT2D eigenvalue weighted by Gasteiger charge is -2.33. The molecule has 1 fully saturated rings. The van der Waals surface area contributed by atoms with Crippen LogP contribution in [0.1, 0.15) is 37.3 Å². The van der Waals surface area contributed by atoms with E-state index in [1.165, 1.54) is 17.5 Å². The molecule has 2 heterocycles. The lowest BCUT2D eigenvalue weighted by atomic mass is 9.90. The minimum absolute atomic E-state index is 0.229. The van der Waals surface area contributed by atoms with Gasteiger partial charge >= 0.3 is 12.0 Å². The lowest BCUT2D eigenvalue weighted by Crippen LogP contribution is -2.47. The van der Waals surface area contributed by atoms with Crippen LogP contribution >= 0.6 is 0 Å². The molecular formula is C22H31N3O3. The maximum absolute atomic E-state index is 12.2. The van der Waals surface area contributed by atoms with Crippen molar-refractivity contribution in [1.29, 1.82) is 0 Å². The first-order chi connectivity index (χ1) is 13.5. The van der Waals surface area contributed by atoms with Crippen molar-refractivity contribution in [3.63, 3.8) is 0 Å². The number of likely N-dealkylation sites (tertiary alicyclic amines) is 1. The smallest absolute Gasteiger partial charge is 0.337 e. The van der Waals surface area contributed by atoms with E-state index < -0.39 is 0 Å². The molecule has 0 bridgehead atoms. The molecule has 0 aliphatic carbocycles. The van der Waals surface area contributed by atoms with Gasteiger partial charge in [0, 0.05) is 12.2 Å². The van der Waals surface area contributed by atoms with Crippen molar-refractivity contribution in [3.8, 4) is 0 Å². The van der Waals surface area contributed by atoms with Gasteiger partial charge in [0.1, 0.15) is 0 Å².